The Labute approximate surface area is 136 Å². The molecule has 1 aromatic heterocycles. The van der Waals surface area contributed by atoms with E-state index in [9.17, 15) is 4.79 Å². The number of rotatable bonds is 5. The summed E-state index contributed by atoms with van der Waals surface area (Å²) in [5, 5.41) is 0. The Morgan fingerprint density at radius 1 is 1.33 bits per heavy atom. The first-order chi connectivity index (χ1) is 9.19. The number of methoxy groups -OCH3 is 1. The zero-order valence-electron chi connectivity index (χ0n) is 11.6. The standard InChI is InChI=1S/C14H17N3O2.2ClH/c1-19-14(18)13(15)7-12-9-17(10-16-12)8-11-5-3-2-4-6-11;;/h2-6,9-10,13H,7-8,15H2,1H3;2*1H/t13-;;/m0../s1. The maximum absolute atomic E-state index is 11.2. The average molecular weight is 332 g/mol. The van der Waals surface area contributed by atoms with Gasteiger partial charge in [0.25, 0.3) is 0 Å². The summed E-state index contributed by atoms with van der Waals surface area (Å²) < 4.78 is 6.56. The number of carbonyl (C=O) groups excluding carboxylic acids is 1. The van der Waals surface area contributed by atoms with Gasteiger partial charge in [0, 0.05) is 19.2 Å². The van der Waals surface area contributed by atoms with Gasteiger partial charge in [0.15, 0.2) is 0 Å². The molecule has 0 aliphatic carbocycles. The molecule has 0 unspecified atom stereocenters. The summed E-state index contributed by atoms with van der Waals surface area (Å²) >= 11 is 0. The highest BCUT2D eigenvalue weighted by atomic mass is 35.5. The lowest BCUT2D eigenvalue weighted by Crippen LogP contribution is -2.33. The predicted molar refractivity (Wildman–Crippen MR) is 86.0 cm³/mol. The molecule has 7 heteroatoms. The highest BCUT2D eigenvalue weighted by molar-refractivity contribution is 5.85. The second-order valence-electron chi connectivity index (χ2n) is 4.36. The maximum Gasteiger partial charge on any atom is 0.323 e. The zero-order valence-corrected chi connectivity index (χ0v) is 13.3. The molecule has 0 aliphatic heterocycles. The first-order valence-corrected chi connectivity index (χ1v) is 6.07. The van der Waals surface area contributed by atoms with Crippen LogP contribution in [0.2, 0.25) is 0 Å². The van der Waals surface area contributed by atoms with E-state index in [0.29, 0.717) is 6.42 Å². The summed E-state index contributed by atoms with van der Waals surface area (Å²) in [6, 6.07) is 9.43. The number of aromatic nitrogens is 2. The van der Waals surface area contributed by atoms with Crippen molar-refractivity contribution in [2.75, 3.05) is 7.11 Å². The van der Waals surface area contributed by atoms with Gasteiger partial charge in [-0.15, -0.1) is 24.8 Å². The van der Waals surface area contributed by atoms with Gasteiger partial charge in [0.2, 0.25) is 0 Å². The van der Waals surface area contributed by atoms with Gasteiger partial charge in [-0.25, -0.2) is 4.98 Å². The minimum Gasteiger partial charge on any atom is -0.468 e. The molecule has 2 aromatic rings. The van der Waals surface area contributed by atoms with Gasteiger partial charge >= 0.3 is 5.97 Å². The number of hydrogen-bond donors (Lipinski definition) is 1. The van der Waals surface area contributed by atoms with Crippen molar-refractivity contribution in [3.05, 3.63) is 54.1 Å². The Morgan fingerprint density at radius 3 is 2.62 bits per heavy atom. The Hall–Kier alpha value is -1.56. The van der Waals surface area contributed by atoms with Gasteiger partial charge in [0.05, 0.1) is 19.1 Å². The Morgan fingerprint density at radius 2 is 2.00 bits per heavy atom. The van der Waals surface area contributed by atoms with Gasteiger partial charge in [0.1, 0.15) is 6.04 Å². The van der Waals surface area contributed by atoms with Crippen molar-refractivity contribution in [2.24, 2.45) is 5.73 Å². The lowest BCUT2D eigenvalue weighted by Gasteiger charge is -2.06. The highest BCUT2D eigenvalue weighted by Gasteiger charge is 2.15. The van der Waals surface area contributed by atoms with E-state index in [1.165, 1.54) is 12.7 Å². The molecule has 5 nitrogen and oxygen atoms in total. The SMILES string of the molecule is COC(=O)[C@@H](N)Cc1cn(Cc2ccccc2)cn1.Cl.Cl. The molecule has 2 rings (SSSR count). The zero-order chi connectivity index (χ0) is 13.7. The molecular formula is C14H19Cl2N3O2. The molecule has 0 amide bonds. The summed E-state index contributed by atoms with van der Waals surface area (Å²) in [6.45, 7) is 0.751. The third kappa shape index (κ3) is 5.75. The molecule has 2 N–H and O–H groups in total. The van der Waals surface area contributed by atoms with E-state index in [2.05, 4.69) is 21.9 Å². The fourth-order valence-electron chi connectivity index (χ4n) is 1.85. The van der Waals surface area contributed by atoms with Gasteiger partial charge in [-0.05, 0) is 5.56 Å². The molecule has 1 aromatic carbocycles. The number of carbonyl (C=O) groups is 1. The van der Waals surface area contributed by atoms with Crippen LogP contribution in [0, 0.1) is 0 Å². The highest BCUT2D eigenvalue weighted by Crippen LogP contribution is 2.05. The summed E-state index contributed by atoms with van der Waals surface area (Å²) in [5.41, 5.74) is 7.68. The molecule has 21 heavy (non-hydrogen) atoms. The summed E-state index contributed by atoms with van der Waals surface area (Å²) in [4.78, 5) is 15.5. The summed E-state index contributed by atoms with van der Waals surface area (Å²) in [7, 11) is 1.33. The van der Waals surface area contributed by atoms with E-state index >= 15 is 0 Å². The molecule has 0 fully saturated rings. The minimum atomic E-state index is -0.662. The van der Waals surface area contributed by atoms with Crippen molar-refractivity contribution in [3.8, 4) is 0 Å². The van der Waals surface area contributed by atoms with Crippen LogP contribution in [-0.2, 0) is 22.5 Å². The van der Waals surface area contributed by atoms with Gasteiger partial charge in [-0.3, -0.25) is 4.79 Å². The quantitative estimate of drug-likeness (QED) is 0.848. The third-order valence-electron chi connectivity index (χ3n) is 2.83. The average Bonchev–Trinajstić information content (AvgIpc) is 2.86. The number of nitrogens with two attached hydrogens (primary N) is 1. The van der Waals surface area contributed by atoms with Crippen LogP contribution >= 0.6 is 24.8 Å². The first kappa shape index (κ1) is 19.4. The van der Waals surface area contributed by atoms with Crippen LogP contribution in [0.5, 0.6) is 0 Å². The number of benzene rings is 1. The van der Waals surface area contributed by atoms with Crippen molar-refractivity contribution in [1.82, 2.24) is 9.55 Å². The maximum atomic E-state index is 11.2. The molecule has 0 radical (unpaired) electrons. The van der Waals surface area contributed by atoms with E-state index < -0.39 is 12.0 Å². The van der Waals surface area contributed by atoms with Crippen LogP contribution in [0.4, 0.5) is 0 Å². The summed E-state index contributed by atoms with van der Waals surface area (Å²) in [6.07, 6.45) is 4.02. The van der Waals surface area contributed by atoms with Crippen molar-refractivity contribution < 1.29 is 9.53 Å². The second kappa shape index (κ2) is 9.39. The van der Waals surface area contributed by atoms with Gasteiger partial charge in [-0.2, -0.15) is 0 Å². The van der Waals surface area contributed by atoms with Crippen LogP contribution in [0.25, 0.3) is 0 Å². The lowest BCUT2D eigenvalue weighted by atomic mass is 10.2. The van der Waals surface area contributed by atoms with Crippen molar-refractivity contribution in [1.29, 1.82) is 0 Å². The number of halogens is 2. The third-order valence-corrected chi connectivity index (χ3v) is 2.83. The number of nitrogens with zero attached hydrogens (tertiary/aromatic N) is 2. The van der Waals surface area contributed by atoms with Crippen LogP contribution in [-0.4, -0.2) is 28.7 Å². The monoisotopic (exact) mass is 331 g/mol. The molecule has 0 bridgehead atoms. The van der Waals surface area contributed by atoms with Crippen LogP contribution < -0.4 is 5.73 Å². The topological polar surface area (TPSA) is 70.1 Å². The van der Waals surface area contributed by atoms with Crippen LogP contribution in [0.3, 0.4) is 0 Å². The van der Waals surface area contributed by atoms with Crippen molar-refractivity contribution in [2.45, 2.75) is 19.0 Å². The molecule has 0 spiro atoms. The smallest absolute Gasteiger partial charge is 0.323 e. The van der Waals surface area contributed by atoms with E-state index in [0.717, 1.165) is 12.2 Å². The van der Waals surface area contributed by atoms with Crippen LogP contribution in [0.15, 0.2) is 42.9 Å². The van der Waals surface area contributed by atoms with E-state index in [-0.39, 0.29) is 24.8 Å². The minimum absolute atomic E-state index is 0. The fraction of sp³-hybridized carbons (Fsp3) is 0.286. The van der Waals surface area contributed by atoms with Crippen LogP contribution in [0.1, 0.15) is 11.3 Å². The number of hydrogen-bond acceptors (Lipinski definition) is 4. The van der Waals surface area contributed by atoms with Crippen molar-refractivity contribution >= 4 is 30.8 Å². The van der Waals surface area contributed by atoms with Gasteiger partial charge in [-0.1, -0.05) is 30.3 Å². The molecule has 1 heterocycles. The molecule has 0 saturated heterocycles. The number of esters is 1. The Balaban J connectivity index is 0.00000200. The van der Waals surface area contributed by atoms with E-state index in [1.807, 2.05) is 29.0 Å². The molecular weight excluding hydrogens is 313 g/mol. The largest absolute Gasteiger partial charge is 0.468 e. The fourth-order valence-corrected chi connectivity index (χ4v) is 1.85. The lowest BCUT2D eigenvalue weighted by molar-refractivity contribution is -0.142. The first-order valence-electron chi connectivity index (χ1n) is 6.07. The predicted octanol–water partition coefficient (Wildman–Crippen LogP) is 1.82. The summed E-state index contributed by atoms with van der Waals surface area (Å²) in [5.74, 6) is -0.419. The molecule has 116 valence electrons. The normalized spacial score (nSPS) is 11.0. The van der Waals surface area contributed by atoms with E-state index in [1.54, 1.807) is 6.33 Å². The second-order valence-corrected chi connectivity index (χ2v) is 4.36. The molecule has 0 aliphatic rings. The van der Waals surface area contributed by atoms with Gasteiger partial charge < -0.3 is 15.0 Å². The number of ether oxygens (including phenoxy) is 1. The Bertz CT molecular complexity index is 546. The Kier molecular flexibility index (Phi) is 8.69. The van der Waals surface area contributed by atoms with E-state index in [4.69, 9.17) is 5.73 Å². The van der Waals surface area contributed by atoms with Crippen molar-refractivity contribution in [3.63, 3.8) is 0 Å². The number of imidazole rings is 1. The molecule has 1 atom stereocenters. The molecule has 0 saturated carbocycles.